The Balaban J connectivity index is 1.50. The summed E-state index contributed by atoms with van der Waals surface area (Å²) in [6.45, 7) is 6.94. The molecule has 1 N–H and O–H groups in total. The molecule has 168 valence electrons. The second kappa shape index (κ2) is 8.82. The zero-order valence-corrected chi connectivity index (χ0v) is 19.2. The minimum Gasteiger partial charge on any atom is -0.346 e. The van der Waals surface area contributed by atoms with E-state index in [-0.39, 0.29) is 23.7 Å². The number of piperidine rings is 1. The van der Waals surface area contributed by atoms with Crippen LogP contribution in [0.4, 0.5) is 4.39 Å². The van der Waals surface area contributed by atoms with Crippen molar-refractivity contribution in [3.8, 4) is 16.4 Å². The van der Waals surface area contributed by atoms with Gasteiger partial charge in [0.05, 0.1) is 10.6 Å². The summed E-state index contributed by atoms with van der Waals surface area (Å²) < 4.78 is 15.3. The van der Waals surface area contributed by atoms with Gasteiger partial charge in [-0.25, -0.2) is 14.1 Å². The standard InChI is InChI=1S/C23H26FN5O2S/c1-23(2,3)22(31)28-11-9-16(10-12-28)25-21(30)19-26-20(18-8-5-13-32-18)29(27-19)17-7-4-6-15(24)14-17/h4-8,13-14,16H,9-12H2,1-3H3,(H,25,30). The van der Waals surface area contributed by atoms with Crippen LogP contribution in [0.15, 0.2) is 41.8 Å². The van der Waals surface area contributed by atoms with Crippen LogP contribution in [0.1, 0.15) is 44.2 Å². The summed E-state index contributed by atoms with van der Waals surface area (Å²) in [5, 5.41) is 9.29. The summed E-state index contributed by atoms with van der Waals surface area (Å²) >= 11 is 1.47. The highest BCUT2D eigenvalue weighted by atomic mass is 32.1. The van der Waals surface area contributed by atoms with E-state index in [1.807, 2.05) is 43.2 Å². The van der Waals surface area contributed by atoms with Gasteiger partial charge in [-0.2, -0.15) is 0 Å². The summed E-state index contributed by atoms with van der Waals surface area (Å²) in [4.78, 5) is 32.5. The lowest BCUT2D eigenvalue weighted by molar-refractivity contribution is -0.140. The van der Waals surface area contributed by atoms with E-state index in [1.54, 1.807) is 12.1 Å². The molecule has 3 aromatic rings. The van der Waals surface area contributed by atoms with Crippen molar-refractivity contribution in [1.29, 1.82) is 0 Å². The van der Waals surface area contributed by atoms with E-state index >= 15 is 0 Å². The van der Waals surface area contributed by atoms with Gasteiger partial charge < -0.3 is 10.2 Å². The second-order valence-electron chi connectivity index (χ2n) is 8.92. The number of nitrogens with zero attached hydrogens (tertiary/aromatic N) is 4. The summed E-state index contributed by atoms with van der Waals surface area (Å²) in [5.74, 6) is -0.123. The van der Waals surface area contributed by atoms with Crippen molar-refractivity contribution in [3.05, 3.63) is 53.4 Å². The quantitative estimate of drug-likeness (QED) is 0.647. The first-order valence-electron chi connectivity index (χ1n) is 10.6. The predicted molar refractivity (Wildman–Crippen MR) is 121 cm³/mol. The molecule has 0 atom stereocenters. The highest BCUT2D eigenvalue weighted by molar-refractivity contribution is 7.13. The summed E-state index contributed by atoms with van der Waals surface area (Å²) in [6, 6.07) is 9.74. The molecule has 1 fully saturated rings. The lowest BCUT2D eigenvalue weighted by Gasteiger charge is -2.35. The van der Waals surface area contributed by atoms with Crippen molar-refractivity contribution >= 4 is 23.2 Å². The smallest absolute Gasteiger partial charge is 0.291 e. The Labute approximate surface area is 190 Å². The number of hydrogen-bond acceptors (Lipinski definition) is 5. The molecule has 7 nitrogen and oxygen atoms in total. The molecule has 32 heavy (non-hydrogen) atoms. The van der Waals surface area contributed by atoms with Gasteiger partial charge in [0.15, 0.2) is 5.82 Å². The van der Waals surface area contributed by atoms with Crippen LogP contribution in [0.3, 0.4) is 0 Å². The average Bonchev–Trinajstić information content (AvgIpc) is 3.43. The van der Waals surface area contributed by atoms with Crippen LogP contribution in [-0.2, 0) is 4.79 Å². The lowest BCUT2D eigenvalue weighted by atomic mass is 9.93. The Hall–Kier alpha value is -3.07. The molecule has 0 bridgehead atoms. The molecule has 1 aliphatic heterocycles. The maximum atomic E-state index is 13.8. The molecule has 2 amide bonds. The van der Waals surface area contributed by atoms with Crippen molar-refractivity contribution in [1.82, 2.24) is 25.0 Å². The molecule has 4 rings (SSSR count). The van der Waals surface area contributed by atoms with Crippen LogP contribution in [0.5, 0.6) is 0 Å². The molecule has 0 saturated carbocycles. The molecular formula is C23H26FN5O2S. The average molecular weight is 456 g/mol. The fourth-order valence-electron chi connectivity index (χ4n) is 3.71. The summed E-state index contributed by atoms with van der Waals surface area (Å²) in [5.41, 5.74) is 0.0797. The lowest BCUT2D eigenvalue weighted by Crippen LogP contribution is -2.49. The van der Waals surface area contributed by atoms with E-state index in [2.05, 4.69) is 15.4 Å². The molecule has 0 radical (unpaired) electrons. The van der Waals surface area contributed by atoms with Gasteiger partial charge in [0.25, 0.3) is 5.91 Å². The Bertz CT molecular complexity index is 1110. The molecule has 3 heterocycles. The molecule has 0 aliphatic carbocycles. The number of amides is 2. The molecule has 9 heteroatoms. The van der Waals surface area contributed by atoms with Crippen molar-refractivity contribution in [2.75, 3.05) is 13.1 Å². The Morgan fingerprint density at radius 1 is 1.16 bits per heavy atom. The number of thiophene rings is 1. The van der Waals surface area contributed by atoms with Gasteiger partial charge >= 0.3 is 0 Å². The minimum atomic E-state index is -0.415. The molecule has 1 aliphatic rings. The van der Waals surface area contributed by atoms with Crippen LogP contribution in [0, 0.1) is 11.2 Å². The van der Waals surface area contributed by atoms with Gasteiger partial charge in [-0.3, -0.25) is 9.59 Å². The van der Waals surface area contributed by atoms with Gasteiger partial charge in [-0.15, -0.1) is 16.4 Å². The van der Waals surface area contributed by atoms with Gasteiger partial charge in [0.2, 0.25) is 11.7 Å². The molecule has 1 saturated heterocycles. The van der Waals surface area contributed by atoms with Crippen LogP contribution in [0.2, 0.25) is 0 Å². The number of halogens is 1. The number of aromatic nitrogens is 3. The fourth-order valence-corrected chi connectivity index (χ4v) is 4.41. The van der Waals surface area contributed by atoms with Crippen molar-refractivity contribution in [2.45, 2.75) is 39.7 Å². The van der Waals surface area contributed by atoms with Gasteiger partial charge in [0, 0.05) is 24.5 Å². The van der Waals surface area contributed by atoms with E-state index in [9.17, 15) is 14.0 Å². The van der Waals surface area contributed by atoms with Crippen LogP contribution in [0.25, 0.3) is 16.4 Å². The first-order chi connectivity index (χ1) is 15.2. The topological polar surface area (TPSA) is 80.1 Å². The number of carbonyl (C=O) groups excluding carboxylic acids is 2. The van der Waals surface area contributed by atoms with Crippen LogP contribution in [-0.4, -0.2) is 50.6 Å². The van der Waals surface area contributed by atoms with Crippen LogP contribution < -0.4 is 5.32 Å². The Morgan fingerprint density at radius 3 is 2.53 bits per heavy atom. The van der Waals surface area contributed by atoms with E-state index in [1.165, 1.54) is 28.2 Å². The molecular weight excluding hydrogens is 429 g/mol. The first-order valence-corrected chi connectivity index (χ1v) is 11.5. The van der Waals surface area contributed by atoms with Gasteiger partial charge in [-0.05, 0) is 42.5 Å². The largest absolute Gasteiger partial charge is 0.346 e. The summed E-state index contributed by atoms with van der Waals surface area (Å²) in [6.07, 6.45) is 1.35. The van der Waals surface area contributed by atoms with E-state index in [0.29, 0.717) is 37.4 Å². The Morgan fingerprint density at radius 2 is 1.91 bits per heavy atom. The molecule has 0 unspecified atom stereocenters. The van der Waals surface area contributed by atoms with Gasteiger partial charge in [-0.1, -0.05) is 32.9 Å². The van der Waals surface area contributed by atoms with Crippen molar-refractivity contribution in [2.24, 2.45) is 5.41 Å². The normalized spacial score (nSPS) is 15.1. The maximum absolute atomic E-state index is 13.8. The number of hydrogen-bond donors (Lipinski definition) is 1. The van der Waals surface area contributed by atoms with Gasteiger partial charge in [0.1, 0.15) is 5.82 Å². The third kappa shape index (κ3) is 4.72. The zero-order chi connectivity index (χ0) is 22.9. The zero-order valence-electron chi connectivity index (χ0n) is 18.3. The number of rotatable bonds is 4. The number of benzene rings is 1. The number of carbonyl (C=O) groups is 2. The first kappa shape index (κ1) is 22.1. The monoisotopic (exact) mass is 455 g/mol. The number of nitrogens with one attached hydrogen (secondary N) is 1. The van der Waals surface area contributed by atoms with E-state index in [4.69, 9.17) is 0 Å². The fraction of sp³-hybridized carbons (Fsp3) is 0.391. The SMILES string of the molecule is CC(C)(C)C(=O)N1CCC(NC(=O)c2nc(-c3cccs3)n(-c3cccc(F)c3)n2)CC1. The maximum Gasteiger partial charge on any atom is 0.291 e. The Kier molecular flexibility index (Phi) is 6.10. The minimum absolute atomic E-state index is 0.0332. The van der Waals surface area contributed by atoms with E-state index in [0.717, 1.165) is 4.88 Å². The third-order valence-electron chi connectivity index (χ3n) is 5.36. The third-order valence-corrected chi connectivity index (χ3v) is 6.23. The molecule has 1 aromatic carbocycles. The second-order valence-corrected chi connectivity index (χ2v) is 9.87. The van der Waals surface area contributed by atoms with E-state index < -0.39 is 11.2 Å². The van der Waals surface area contributed by atoms with Crippen molar-refractivity contribution < 1.29 is 14.0 Å². The van der Waals surface area contributed by atoms with Crippen molar-refractivity contribution in [3.63, 3.8) is 0 Å². The summed E-state index contributed by atoms with van der Waals surface area (Å²) in [7, 11) is 0. The highest BCUT2D eigenvalue weighted by Gasteiger charge is 2.31. The molecule has 0 spiro atoms. The predicted octanol–water partition coefficient (Wildman–Crippen LogP) is 3.90. The highest BCUT2D eigenvalue weighted by Crippen LogP contribution is 2.26. The number of likely N-dealkylation sites (tertiary alicyclic amines) is 1. The molecule has 2 aromatic heterocycles. The van der Waals surface area contributed by atoms with Crippen LogP contribution >= 0.6 is 11.3 Å².